The number of fused-ring (bicyclic) bond motifs is 9. The van der Waals surface area contributed by atoms with Gasteiger partial charge in [0.15, 0.2) is 0 Å². The summed E-state index contributed by atoms with van der Waals surface area (Å²) < 4.78 is 13.1. The van der Waals surface area contributed by atoms with Crippen LogP contribution in [-0.4, -0.2) is 0 Å². The van der Waals surface area contributed by atoms with Crippen molar-refractivity contribution < 1.29 is 8.83 Å². The predicted molar refractivity (Wildman–Crippen MR) is 250 cm³/mol. The number of benzene rings is 9. The van der Waals surface area contributed by atoms with E-state index in [1.807, 2.05) is 6.07 Å². The summed E-state index contributed by atoms with van der Waals surface area (Å²) in [5.74, 6) is 0. The van der Waals surface area contributed by atoms with E-state index in [-0.39, 0.29) is 5.41 Å². The van der Waals surface area contributed by atoms with Crippen molar-refractivity contribution in [3.05, 3.63) is 211 Å². The van der Waals surface area contributed by atoms with Crippen LogP contribution in [0.1, 0.15) is 25.0 Å². The molecule has 1 aliphatic carbocycles. The Hall–Kier alpha value is -7.62. The van der Waals surface area contributed by atoms with Crippen LogP contribution in [0.4, 0.5) is 17.1 Å². The molecule has 12 rings (SSSR count). The monoisotopic (exact) mass is 769 g/mol. The average molecular weight is 770 g/mol. The standard InChI is InChI=1S/C57H39NO2/c1-57(2)51-16-10-9-15-45(51)46-28-26-44(33-52(46)57)58(42-24-21-40(22-25-42)39-19-17-38(18-20-39)36-11-5-3-6-12-36)43-27-30-54-48(32-43)50-35-55-49(34-56(50)60-54)47-31-41(23-29-53(47)59-55)37-13-7-4-8-14-37/h3-35H,1-2H3. The third-order valence-corrected chi connectivity index (χ3v) is 12.7. The molecule has 0 fully saturated rings. The number of anilines is 3. The van der Waals surface area contributed by atoms with Crippen molar-refractivity contribution >= 4 is 60.9 Å². The molecule has 0 saturated carbocycles. The Kier molecular flexibility index (Phi) is 7.58. The molecule has 0 saturated heterocycles. The first-order valence-corrected chi connectivity index (χ1v) is 20.6. The van der Waals surface area contributed by atoms with Crippen LogP contribution in [0.25, 0.3) is 88.4 Å². The van der Waals surface area contributed by atoms with Gasteiger partial charge >= 0.3 is 0 Å². The molecule has 0 bridgehead atoms. The predicted octanol–water partition coefficient (Wildman–Crippen LogP) is 16.3. The number of nitrogens with zero attached hydrogens (tertiary/aromatic N) is 1. The highest BCUT2D eigenvalue weighted by Gasteiger charge is 2.35. The summed E-state index contributed by atoms with van der Waals surface area (Å²) in [4.78, 5) is 2.38. The second kappa shape index (κ2) is 13.2. The molecule has 3 nitrogen and oxygen atoms in total. The Balaban J connectivity index is 0.979. The molecule has 1 aliphatic rings. The average Bonchev–Trinajstić information content (AvgIpc) is 3.92. The summed E-state index contributed by atoms with van der Waals surface area (Å²) in [5, 5.41) is 4.20. The maximum Gasteiger partial charge on any atom is 0.136 e. The Morgan fingerprint density at radius 2 is 0.750 bits per heavy atom. The van der Waals surface area contributed by atoms with Gasteiger partial charge in [0.2, 0.25) is 0 Å². The van der Waals surface area contributed by atoms with Crippen LogP contribution < -0.4 is 4.90 Å². The smallest absolute Gasteiger partial charge is 0.136 e. The highest BCUT2D eigenvalue weighted by atomic mass is 16.3. The lowest BCUT2D eigenvalue weighted by atomic mass is 9.82. The summed E-state index contributed by atoms with van der Waals surface area (Å²) in [5.41, 5.74) is 19.0. The normalized spacial score (nSPS) is 13.0. The maximum atomic E-state index is 6.60. The Morgan fingerprint density at radius 1 is 0.317 bits per heavy atom. The molecule has 0 N–H and O–H groups in total. The number of hydrogen-bond donors (Lipinski definition) is 0. The molecular formula is C57H39NO2. The van der Waals surface area contributed by atoms with Crippen molar-refractivity contribution in [2.45, 2.75) is 19.3 Å². The summed E-state index contributed by atoms with van der Waals surface area (Å²) in [6.45, 7) is 4.68. The topological polar surface area (TPSA) is 29.5 Å². The van der Waals surface area contributed by atoms with Gasteiger partial charge in [-0.05, 0) is 122 Å². The van der Waals surface area contributed by atoms with E-state index in [1.165, 1.54) is 50.1 Å². The number of hydrogen-bond acceptors (Lipinski definition) is 3. The van der Waals surface area contributed by atoms with E-state index in [4.69, 9.17) is 8.83 Å². The van der Waals surface area contributed by atoms with Gasteiger partial charge in [0.1, 0.15) is 22.3 Å². The molecule has 0 radical (unpaired) electrons. The molecule has 0 unspecified atom stereocenters. The lowest BCUT2D eigenvalue weighted by Crippen LogP contribution is -2.16. The fourth-order valence-electron chi connectivity index (χ4n) is 9.55. The van der Waals surface area contributed by atoms with Crippen LogP contribution in [0.2, 0.25) is 0 Å². The fraction of sp³-hybridized carbons (Fsp3) is 0.0526. The molecule has 0 spiro atoms. The van der Waals surface area contributed by atoms with Gasteiger partial charge in [-0.15, -0.1) is 0 Å². The van der Waals surface area contributed by atoms with Gasteiger partial charge in [-0.3, -0.25) is 0 Å². The summed E-state index contributed by atoms with van der Waals surface area (Å²) >= 11 is 0. The van der Waals surface area contributed by atoms with Gasteiger partial charge in [0.25, 0.3) is 0 Å². The summed E-state index contributed by atoms with van der Waals surface area (Å²) in [6.07, 6.45) is 0. The summed E-state index contributed by atoms with van der Waals surface area (Å²) in [7, 11) is 0. The van der Waals surface area contributed by atoms with E-state index in [1.54, 1.807) is 0 Å². The lowest BCUT2D eigenvalue weighted by molar-refractivity contribution is 0.660. The molecular weight excluding hydrogens is 731 g/mol. The Bertz CT molecular complexity index is 3430. The second-order valence-corrected chi connectivity index (χ2v) is 16.5. The van der Waals surface area contributed by atoms with Crippen LogP contribution in [0.5, 0.6) is 0 Å². The van der Waals surface area contributed by atoms with E-state index in [0.29, 0.717) is 0 Å². The molecule has 2 heterocycles. The van der Waals surface area contributed by atoms with E-state index < -0.39 is 0 Å². The van der Waals surface area contributed by atoms with Crippen molar-refractivity contribution in [1.82, 2.24) is 0 Å². The molecule has 0 aliphatic heterocycles. The fourth-order valence-corrected chi connectivity index (χ4v) is 9.55. The number of furan rings is 2. The highest BCUT2D eigenvalue weighted by molar-refractivity contribution is 6.15. The first-order chi connectivity index (χ1) is 29.5. The zero-order valence-corrected chi connectivity index (χ0v) is 33.3. The number of rotatable bonds is 6. The van der Waals surface area contributed by atoms with Crippen LogP contribution in [-0.2, 0) is 5.41 Å². The summed E-state index contributed by atoms with van der Waals surface area (Å²) in [6, 6.07) is 71.9. The van der Waals surface area contributed by atoms with E-state index in [0.717, 1.165) is 66.5 Å². The van der Waals surface area contributed by atoms with Crippen molar-refractivity contribution in [1.29, 1.82) is 0 Å². The quantitative estimate of drug-likeness (QED) is 0.169. The lowest BCUT2D eigenvalue weighted by Gasteiger charge is -2.28. The van der Waals surface area contributed by atoms with Gasteiger partial charge in [-0.1, -0.05) is 147 Å². The van der Waals surface area contributed by atoms with Gasteiger partial charge in [-0.25, -0.2) is 0 Å². The first-order valence-electron chi connectivity index (χ1n) is 20.6. The van der Waals surface area contributed by atoms with Gasteiger partial charge in [0.05, 0.1) is 0 Å². The van der Waals surface area contributed by atoms with Crippen molar-refractivity contribution in [3.8, 4) is 44.5 Å². The third-order valence-electron chi connectivity index (χ3n) is 12.7. The van der Waals surface area contributed by atoms with Gasteiger partial charge in [-0.2, -0.15) is 0 Å². The van der Waals surface area contributed by atoms with Crippen molar-refractivity contribution in [2.75, 3.05) is 4.90 Å². The zero-order chi connectivity index (χ0) is 40.0. The van der Waals surface area contributed by atoms with E-state index in [9.17, 15) is 0 Å². The second-order valence-electron chi connectivity index (χ2n) is 16.5. The van der Waals surface area contributed by atoms with Crippen LogP contribution in [0, 0.1) is 0 Å². The largest absolute Gasteiger partial charge is 0.456 e. The van der Waals surface area contributed by atoms with E-state index in [2.05, 4.69) is 213 Å². The van der Waals surface area contributed by atoms with Gasteiger partial charge in [0, 0.05) is 44.0 Å². The minimum Gasteiger partial charge on any atom is -0.456 e. The first kappa shape index (κ1) is 34.4. The molecule has 3 heteroatoms. The molecule has 2 aromatic heterocycles. The van der Waals surface area contributed by atoms with Crippen LogP contribution >= 0.6 is 0 Å². The minimum absolute atomic E-state index is 0.131. The maximum absolute atomic E-state index is 6.60. The highest BCUT2D eigenvalue weighted by Crippen LogP contribution is 2.51. The molecule has 284 valence electrons. The third kappa shape index (κ3) is 5.43. The molecule has 0 amide bonds. The molecule has 11 aromatic rings. The van der Waals surface area contributed by atoms with Crippen LogP contribution in [0.15, 0.2) is 209 Å². The SMILES string of the molecule is CC1(C)c2ccccc2-c2ccc(N(c3ccc(-c4ccc(-c5ccccc5)cc4)cc3)c3ccc4oc5cc6c(cc5c4c3)oc3ccc(-c4ccccc4)cc36)cc21. The van der Waals surface area contributed by atoms with Crippen LogP contribution in [0.3, 0.4) is 0 Å². The minimum atomic E-state index is -0.131. The van der Waals surface area contributed by atoms with Crippen molar-refractivity contribution in [2.24, 2.45) is 0 Å². The Labute approximate surface area is 348 Å². The Morgan fingerprint density at radius 3 is 1.40 bits per heavy atom. The van der Waals surface area contributed by atoms with Crippen molar-refractivity contribution in [3.63, 3.8) is 0 Å². The molecule has 0 atom stereocenters. The molecule has 60 heavy (non-hydrogen) atoms. The zero-order valence-electron chi connectivity index (χ0n) is 33.3. The van der Waals surface area contributed by atoms with Gasteiger partial charge < -0.3 is 13.7 Å². The van der Waals surface area contributed by atoms with E-state index >= 15 is 0 Å². The molecule has 9 aromatic carbocycles.